The first-order valence-electron chi connectivity index (χ1n) is 10.6. The minimum atomic E-state index is -0.349. The Hall–Kier alpha value is -4.14. The molecule has 1 aliphatic rings. The van der Waals surface area contributed by atoms with Crippen molar-refractivity contribution in [2.75, 3.05) is 6.54 Å². The van der Waals surface area contributed by atoms with Crippen LogP contribution in [0, 0.1) is 5.82 Å². The Labute approximate surface area is 189 Å². The summed E-state index contributed by atoms with van der Waals surface area (Å²) in [5.41, 5.74) is 2.41. The number of amides is 1. The van der Waals surface area contributed by atoms with Crippen LogP contribution in [-0.4, -0.2) is 42.1 Å². The van der Waals surface area contributed by atoms with E-state index >= 15 is 0 Å². The van der Waals surface area contributed by atoms with Crippen molar-refractivity contribution in [1.29, 1.82) is 0 Å². The van der Waals surface area contributed by atoms with E-state index in [2.05, 4.69) is 15.1 Å². The summed E-state index contributed by atoms with van der Waals surface area (Å²) in [5.74, 6) is 1.02. The van der Waals surface area contributed by atoms with Gasteiger partial charge in [0.05, 0.1) is 17.8 Å². The van der Waals surface area contributed by atoms with Crippen molar-refractivity contribution in [3.8, 4) is 23.0 Å². The van der Waals surface area contributed by atoms with Crippen molar-refractivity contribution in [1.82, 2.24) is 29.6 Å². The first-order valence-corrected chi connectivity index (χ1v) is 10.6. The number of aryl methyl sites for hydroxylation is 1. The Kier molecular flexibility index (Phi) is 5.75. The van der Waals surface area contributed by atoms with Gasteiger partial charge in [0, 0.05) is 56.3 Å². The molecule has 0 saturated heterocycles. The molecule has 5 rings (SSSR count). The number of rotatable bonds is 6. The van der Waals surface area contributed by atoms with Crippen LogP contribution in [0.5, 0.6) is 11.6 Å². The Bertz CT molecular complexity index is 1250. The van der Waals surface area contributed by atoms with E-state index in [4.69, 9.17) is 9.72 Å². The first kappa shape index (κ1) is 20.7. The average molecular weight is 444 g/mol. The van der Waals surface area contributed by atoms with Crippen LogP contribution < -0.4 is 4.74 Å². The van der Waals surface area contributed by atoms with Crippen LogP contribution in [0.2, 0.25) is 0 Å². The van der Waals surface area contributed by atoms with Gasteiger partial charge in [-0.3, -0.25) is 14.5 Å². The highest BCUT2D eigenvalue weighted by atomic mass is 19.1. The van der Waals surface area contributed by atoms with Crippen LogP contribution in [0.4, 0.5) is 4.39 Å². The monoisotopic (exact) mass is 444 g/mol. The second kappa shape index (κ2) is 9.15. The largest absolute Gasteiger partial charge is 0.439 e. The molecule has 0 saturated carbocycles. The molecule has 1 aromatic carbocycles. The van der Waals surface area contributed by atoms with Gasteiger partial charge in [-0.15, -0.1) is 0 Å². The fourth-order valence-corrected chi connectivity index (χ4v) is 3.73. The maximum Gasteiger partial charge on any atom is 0.228 e. The van der Waals surface area contributed by atoms with Crippen LogP contribution in [-0.2, 0) is 24.3 Å². The van der Waals surface area contributed by atoms with Gasteiger partial charge in [-0.25, -0.2) is 9.37 Å². The van der Waals surface area contributed by atoms with Crippen molar-refractivity contribution in [2.45, 2.75) is 25.9 Å². The molecule has 3 aromatic heterocycles. The third-order valence-corrected chi connectivity index (χ3v) is 5.46. The van der Waals surface area contributed by atoms with Gasteiger partial charge < -0.3 is 9.64 Å². The summed E-state index contributed by atoms with van der Waals surface area (Å²) in [6.07, 6.45) is 7.82. The van der Waals surface area contributed by atoms with E-state index in [1.807, 2.05) is 24.4 Å². The SMILES string of the molecule is O=C(CCn1cccn1)N1CCc2nc(-c3ccncc3)nc(Oc3ccc(F)cc3)c2C1. The molecule has 4 heterocycles. The third-order valence-electron chi connectivity index (χ3n) is 5.46. The predicted molar refractivity (Wildman–Crippen MR) is 118 cm³/mol. The molecular formula is C24H21FN6O2. The number of fused-ring (bicyclic) bond motifs is 1. The van der Waals surface area contributed by atoms with Crippen LogP contribution in [0.15, 0.2) is 67.3 Å². The predicted octanol–water partition coefficient (Wildman–Crippen LogP) is 3.64. The summed E-state index contributed by atoms with van der Waals surface area (Å²) in [7, 11) is 0. The van der Waals surface area contributed by atoms with E-state index in [-0.39, 0.29) is 11.7 Å². The topological polar surface area (TPSA) is 86.0 Å². The number of aromatic nitrogens is 5. The molecule has 0 aliphatic carbocycles. The molecule has 0 spiro atoms. The molecule has 0 unspecified atom stereocenters. The van der Waals surface area contributed by atoms with Gasteiger partial charge in [0.15, 0.2) is 5.82 Å². The van der Waals surface area contributed by atoms with Crippen molar-refractivity contribution < 1.29 is 13.9 Å². The van der Waals surface area contributed by atoms with Gasteiger partial charge in [0.25, 0.3) is 0 Å². The maximum atomic E-state index is 13.4. The molecule has 1 aliphatic heterocycles. The highest BCUT2D eigenvalue weighted by molar-refractivity contribution is 5.76. The number of carbonyl (C=O) groups excluding carboxylic acids is 1. The first-order chi connectivity index (χ1) is 16.2. The lowest BCUT2D eigenvalue weighted by atomic mass is 10.1. The Morgan fingerprint density at radius 1 is 1.06 bits per heavy atom. The Balaban J connectivity index is 1.43. The van der Waals surface area contributed by atoms with Crippen LogP contribution >= 0.6 is 0 Å². The number of halogens is 1. The van der Waals surface area contributed by atoms with Gasteiger partial charge >= 0.3 is 0 Å². The standard InChI is InChI=1S/C24H21FN6O2/c25-18-2-4-19(5-3-18)33-24-20-16-30(22(32)9-15-31-13-1-10-27-31)14-8-21(20)28-23(29-24)17-6-11-26-12-7-17/h1-7,10-13H,8-9,14-16H2. The number of hydrogen-bond donors (Lipinski definition) is 0. The molecule has 1 amide bonds. The summed E-state index contributed by atoms with van der Waals surface area (Å²) in [6, 6.07) is 11.3. The average Bonchev–Trinajstić information content (AvgIpc) is 3.38. The summed E-state index contributed by atoms with van der Waals surface area (Å²) in [5, 5.41) is 4.15. The molecule has 33 heavy (non-hydrogen) atoms. The highest BCUT2D eigenvalue weighted by Gasteiger charge is 2.27. The number of nitrogens with zero attached hydrogens (tertiary/aromatic N) is 6. The van der Waals surface area contributed by atoms with E-state index < -0.39 is 0 Å². The summed E-state index contributed by atoms with van der Waals surface area (Å²) < 4.78 is 21.2. The maximum absolute atomic E-state index is 13.4. The fraction of sp³-hybridized carbons (Fsp3) is 0.208. The minimum Gasteiger partial charge on any atom is -0.439 e. The lowest BCUT2D eigenvalue weighted by Gasteiger charge is -2.29. The Morgan fingerprint density at radius 2 is 1.88 bits per heavy atom. The highest BCUT2D eigenvalue weighted by Crippen LogP contribution is 2.32. The molecule has 166 valence electrons. The molecule has 0 radical (unpaired) electrons. The van der Waals surface area contributed by atoms with Gasteiger partial charge in [-0.1, -0.05) is 0 Å². The molecule has 0 fully saturated rings. The van der Waals surface area contributed by atoms with Gasteiger partial charge in [0.2, 0.25) is 11.8 Å². The zero-order valence-electron chi connectivity index (χ0n) is 17.8. The van der Waals surface area contributed by atoms with E-state index in [1.54, 1.807) is 40.3 Å². The van der Waals surface area contributed by atoms with Gasteiger partial charge in [-0.05, 0) is 42.5 Å². The van der Waals surface area contributed by atoms with Crippen molar-refractivity contribution in [2.24, 2.45) is 0 Å². The number of carbonyl (C=O) groups is 1. The molecule has 0 bridgehead atoms. The zero-order valence-corrected chi connectivity index (χ0v) is 17.8. The molecule has 4 aromatic rings. The summed E-state index contributed by atoms with van der Waals surface area (Å²) in [4.78, 5) is 28.1. The van der Waals surface area contributed by atoms with Gasteiger partial charge in [0.1, 0.15) is 11.6 Å². The molecule has 0 atom stereocenters. The van der Waals surface area contributed by atoms with Gasteiger partial charge in [-0.2, -0.15) is 10.1 Å². The van der Waals surface area contributed by atoms with E-state index in [0.29, 0.717) is 49.9 Å². The van der Waals surface area contributed by atoms with Crippen molar-refractivity contribution in [3.05, 3.63) is 84.3 Å². The second-order valence-electron chi connectivity index (χ2n) is 7.65. The smallest absolute Gasteiger partial charge is 0.228 e. The summed E-state index contributed by atoms with van der Waals surface area (Å²) in [6.45, 7) is 1.43. The lowest BCUT2D eigenvalue weighted by Crippen LogP contribution is -2.37. The fourth-order valence-electron chi connectivity index (χ4n) is 3.73. The van der Waals surface area contributed by atoms with Crippen LogP contribution in [0.1, 0.15) is 17.7 Å². The third kappa shape index (κ3) is 4.72. The molecular weight excluding hydrogens is 423 g/mol. The summed E-state index contributed by atoms with van der Waals surface area (Å²) >= 11 is 0. The number of ether oxygens (including phenoxy) is 1. The molecule has 8 nitrogen and oxygen atoms in total. The van der Waals surface area contributed by atoms with Crippen molar-refractivity contribution in [3.63, 3.8) is 0 Å². The van der Waals surface area contributed by atoms with Crippen LogP contribution in [0.3, 0.4) is 0 Å². The normalized spacial score (nSPS) is 12.9. The van der Waals surface area contributed by atoms with Crippen LogP contribution in [0.25, 0.3) is 11.4 Å². The quantitative estimate of drug-likeness (QED) is 0.451. The molecule has 9 heteroatoms. The number of hydrogen-bond acceptors (Lipinski definition) is 6. The zero-order chi connectivity index (χ0) is 22.6. The second-order valence-corrected chi connectivity index (χ2v) is 7.65. The van der Waals surface area contributed by atoms with E-state index in [1.165, 1.54) is 12.1 Å². The lowest BCUT2D eigenvalue weighted by molar-refractivity contribution is -0.132. The molecule has 0 N–H and O–H groups in total. The van der Waals surface area contributed by atoms with E-state index in [0.717, 1.165) is 16.8 Å². The number of pyridine rings is 1. The van der Waals surface area contributed by atoms with Crippen molar-refractivity contribution >= 4 is 5.91 Å². The minimum absolute atomic E-state index is 0.0297. The van der Waals surface area contributed by atoms with E-state index in [9.17, 15) is 9.18 Å². The Morgan fingerprint density at radius 3 is 2.64 bits per heavy atom. The number of benzene rings is 1.